The normalized spacial score (nSPS) is 31.3. The molecule has 0 aromatic rings. The predicted molar refractivity (Wildman–Crippen MR) is 90.9 cm³/mol. The van der Waals surface area contributed by atoms with Gasteiger partial charge >= 0.3 is 0 Å². The summed E-state index contributed by atoms with van der Waals surface area (Å²) >= 11 is 9.44. The molecule has 7 nitrogen and oxygen atoms in total. The van der Waals surface area contributed by atoms with E-state index in [1.54, 1.807) is 0 Å². The van der Waals surface area contributed by atoms with Crippen LogP contribution in [-0.2, 0) is 4.74 Å². The topological polar surface area (TPSA) is 97.2 Å². The highest BCUT2D eigenvalue weighted by atomic mass is 127. The van der Waals surface area contributed by atoms with Crippen LogP contribution in [0, 0.1) is 0 Å². The highest BCUT2D eigenvalue weighted by Crippen LogP contribution is 2.13. The number of aliphatic hydroxyl groups excluding tert-OH is 3. The van der Waals surface area contributed by atoms with Crippen LogP contribution in [0.2, 0.25) is 0 Å². The molecule has 0 saturated carbocycles. The minimum absolute atomic E-state index is 0.0445. The SMILES string of the molecule is O[C@H]1[C@H](O)[C@@H](NC(=S)NCCCN(I)I)OC[C@H]1O. The zero-order valence-corrected chi connectivity index (χ0v) is 15.1. The molecule has 0 amide bonds. The van der Waals surface area contributed by atoms with Crippen molar-refractivity contribution in [3.63, 3.8) is 0 Å². The van der Waals surface area contributed by atoms with E-state index in [4.69, 9.17) is 17.0 Å². The Balaban J connectivity index is 2.24. The Labute approximate surface area is 145 Å². The molecule has 0 unspecified atom stereocenters. The van der Waals surface area contributed by atoms with Gasteiger partial charge in [-0.25, -0.2) is 0 Å². The fourth-order valence-electron chi connectivity index (χ4n) is 1.51. The van der Waals surface area contributed by atoms with E-state index >= 15 is 0 Å². The molecular formula is C9H17I2N3O4S. The summed E-state index contributed by atoms with van der Waals surface area (Å²) in [5.41, 5.74) is 0. The van der Waals surface area contributed by atoms with Gasteiger partial charge in [0.05, 0.1) is 6.61 Å². The molecule has 0 aromatic carbocycles. The van der Waals surface area contributed by atoms with Gasteiger partial charge in [-0.05, 0) is 18.6 Å². The Kier molecular flexibility index (Phi) is 8.59. The number of aliphatic hydroxyl groups is 3. The van der Waals surface area contributed by atoms with Gasteiger partial charge in [-0.3, -0.25) is 0 Å². The summed E-state index contributed by atoms with van der Waals surface area (Å²) in [5.74, 6) is 0. The van der Waals surface area contributed by atoms with Crippen LogP contribution in [0.1, 0.15) is 6.42 Å². The first kappa shape index (κ1) is 18.0. The maximum absolute atomic E-state index is 9.71. The predicted octanol–water partition coefficient (Wildman–Crippen LogP) is -0.718. The van der Waals surface area contributed by atoms with E-state index in [0.29, 0.717) is 11.7 Å². The number of hydrogen-bond acceptors (Lipinski definition) is 6. The zero-order chi connectivity index (χ0) is 14.4. The Morgan fingerprint density at radius 3 is 2.63 bits per heavy atom. The zero-order valence-electron chi connectivity index (χ0n) is 10.00. The first-order valence-corrected chi connectivity index (χ1v) is 8.05. The van der Waals surface area contributed by atoms with Crippen LogP contribution in [0.25, 0.3) is 0 Å². The van der Waals surface area contributed by atoms with Gasteiger partial charge in [-0.15, -0.1) is 0 Å². The molecule has 5 N–H and O–H groups in total. The molecule has 1 rings (SSSR count). The lowest BCUT2D eigenvalue weighted by molar-refractivity contribution is -0.190. The van der Waals surface area contributed by atoms with Gasteiger partial charge in [0.1, 0.15) is 18.3 Å². The lowest BCUT2D eigenvalue weighted by Crippen LogP contribution is -2.60. The van der Waals surface area contributed by atoms with Crippen molar-refractivity contribution in [2.24, 2.45) is 0 Å². The van der Waals surface area contributed by atoms with E-state index in [0.717, 1.165) is 13.0 Å². The molecule has 112 valence electrons. The van der Waals surface area contributed by atoms with Crippen LogP contribution < -0.4 is 10.6 Å². The van der Waals surface area contributed by atoms with Crippen molar-refractivity contribution in [2.45, 2.75) is 31.0 Å². The van der Waals surface area contributed by atoms with Gasteiger partial charge in [-0.1, -0.05) is 0 Å². The largest absolute Gasteiger partial charge is 0.388 e. The third-order valence-corrected chi connectivity index (χ3v) is 3.79. The third kappa shape index (κ3) is 6.50. The Bertz CT molecular complexity index is 301. The van der Waals surface area contributed by atoms with Gasteiger partial charge < -0.3 is 30.7 Å². The number of ether oxygens (including phenoxy) is 1. The Hall–Kier alpha value is 0.950. The molecule has 0 bridgehead atoms. The second-order valence-corrected chi connectivity index (χ2v) is 8.67. The Morgan fingerprint density at radius 1 is 1.32 bits per heavy atom. The molecule has 0 radical (unpaired) electrons. The molecule has 0 aliphatic carbocycles. The van der Waals surface area contributed by atoms with Crippen LogP contribution in [0.4, 0.5) is 0 Å². The van der Waals surface area contributed by atoms with Crippen LogP contribution in [0.3, 0.4) is 0 Å². The summed E-state index contributed by atoms with van der Waals surface area (Å²) in [5, 5.41) is 34.6. The molecule has 0 spiro atoms. The first-order chi connectivity index (χ1) is 8.91. The average Bonchev–Trinajstić information content (AvgIpc) is 2.35. The third-order valence-electron chi connectivity index (χ3n) is 2.56. The van der Waals surface area contributed by atoms with Crippen molar-refractivity contribution in [2.75, 3.05) is 19.7 Å². The number of thiocarbonyl (C=S) groups is 1. The fourth-order valence-corrected chi connectivity index (χ4v) is 2.41. The Morgan fingerprint density at radius 2 is 2.00 bits per heavy atom. The minimum atomic E-state index is -1.24. The fraction of sp³-hybridized carbons (Fsp3) is 0.889. The molecule has 4 atom stereocenters. The van der Waals surface area contributed by atoms with Crippen molar-refractivity contribution in [3.05, 3.63) is 0 Å². The van der Waals surface area contributed by atoms with Crippen molar-refractivity contribution >= 4 is 63.1 Å². The molecule has 1 fully saturated rings. The van der Waals surface area contributed by atoms with Gasteiger partial charge in [0.2, 0.25) is 0 Å². The maximum Gasteiger partial charge on any atom is 0.168 e. The summed E-state index contributed by atoms with van der Waals surface area (Å²) in [6, 6.07) is 0. The van der Waals surface area contributed by atoms with E-state index in [9.17, 15) is 15.3 Å². The van der Waals surface area contributed by atoms with E-state index in [1.165, 1.54) is 0 Å². The highest BCUT2D eigenvalue weighted by Gasteiger charge is 2.37. The molecular weight excluding hydrogens is 500 g/mol. The van der Waals surface area contributed by atoms with Crippen molar-refractivity contribution < 1.29 is 20.1 Å². The summed E-state index contributed by atoms with van der Waals surface area (Å²) in [7, 11) is 0. The van der Waals surface area contributed by atoms with Gasteiger partial charge in [0.15, 0.2) is 11.3 Å². The second kappa shape index (κ2) is 9.07. The van der Waals surface area contributed by atoms with Gasteiger partial charge in [0, 0.05) is 58.8 Å². The molecule has 1 aliphatic rings. The number of rotatable bonds is 5. The number of nitrogens with one attached hydrogen (secondary N) is 2. The van der Waals surface area contributed by atoms with Crippen molar-refractivity contribution in [3.8, 4) is 0 Å². The molecule has 1 heterocycles. The van der Waals surface area contributed by atoms with Crippen LogP contribution in [-0.4, -0.2) is 66.0 Å². The first-order valence-electron chi connectivity index (χ1n) is 5.71. The summed E-state index contributed by atoms with van der Waals surface area (Å²) in [6.45, 7) is 1.57. The quantitative estimate of drug-likeness (QED) is 0.141. The van der Waals surface area contributed by atoms with E-state index in [1.807, 2.05) is 1.33 Å². The lowest BCUT2D eigenvalue weighted by atomic mass is 10.0. The van der Waals surface area contributed by atoms with E-state index in [-0.39, 0.29) is 6.61 Å². The smallest absolute Gasteiger partial charge is 0.168 e. The van der Waals surface area contributed by atoms with Crippen LogP contribution >= 0.6 is 57.9 Å². The second-order valence-electron chi connectivity index (χ2n) is 4.08. The maximum atomic E-state index is 9.71. The van der Waals surface area contributed by atoms with Crippen LogP contribution in [0.5, 0.6) is 0 Å². The summed E-state index contributed by atoms with van der Waals surface area (Å²) < 4.78 is 7.19. The van der Waals surface area contributed by atoms with Crippen molar-refractivity contribution in [1.82, 2.24) is 12.0 Å². The molecule has 19 heavy (non-hydrogen) atoms. The lowest BCUT2D eigenvalue weighted by Gasteiger charge is -2.35. The van der Waals surface area contributed by atoms with Crippen LogP contribution in [0.15, 0.2) is 0 Å². The minimum Gasteiger partial charge on any atom is -0.388 e. The average molecular weight is 517 g/mol. The summed E-state index contributed by atoms with van der Waals surface area (Å²) in [6.07, 6.45) is -3.43. The molecule has 1 aliphatic heterocycles. The summed E-state index contributed by atoms with van der Waals surface area (Å²) in [4.78, 5) is 0. The monoisotopic (exact) mass is 517 g/mol. The number of hydrogen-bond donors (Lipinski definition) is 5. The van der Waals surface area contributed by atoms with Gasteiger partial charge in [-0.2, -0.15) is 1.33 Å². The highest BCUT2D eigenvalue weighted by molar-refractivity contribution is 14.2. The van der Waals surface area contributed by atoms with E-state index in [2.05, 4.69) is 56.4 Å². The molecule has 0 aromatic heterocycles. The van der Waals surface area contributed by atoms with E-state index < -0.39 is 24.5 Å². The number of nitrogens with zero attached hydrogens (tertiary/aromatic N) is 1. The van der Waals surface area contributed by atoms with Gasteiger partial charge in [0.25, 0.3) is 0 Å². The number of halogens is 2. The van der Waals surface area contributed by atoms with Crippen molar-refractivity contribution in [1.29, 1.82) is 0 Å². The molecule has 1 saturated heterocycles. The molecule has 10 heteroatoms. The standard InChI is InChI=1S/C9H17I2N3O4S/c10-14(11)3-1-2-12-9(19)13-8-7(17)6(16)5(15)4-18-8/h5-8,15-17H,1-4H2,(H2,12,13,19)/t5-,6-,7+,8+/m1/s1.